The molecule has 2 heterocycles. The first-order valence-corrected chi connectivity index (χ1v) is 9.62. The Hall–Kier alpha value is -0.260. The normalized spacial score (nSPS) is 35.2. The van der Waals surface area contributed by atoms with E-state index in [-0.39, 0.29) is 16.7 Å². The van der Waals surface area contributed by atoms with Gasteiger partial charge in [-0.05, 0) is 44.3 Å². The summed E-state index contributed by atoms with van der Waals surface area (Å²) in [6.45, 7) is 2.43. The van der Waals surface area contributed by atoms with E-state index in [2.05, 4.69) is 16.9 Å². The molecule has 3 aliphatic rings. The highest BCUT2D eigenvalue weighted by Crippen LogP contribution is 2.34. The summed E-state index contributed by atoms with van der Waals surface area (Å²) < 4.78 is 5.64. The third-order valence-electron chi connectivity index (χ3n) is 5.60. The van der Waals surface area contributed by atoms with E-state index in [0.29, 0.717) is 6.04 Å². The highest BCUT2D eigenvalue weighted by Gasteiger charge is 2.39. The summed E-state index contributed by atoms with van der Waals surface area (Å²) >= 11 is 1.88. The zero-order chi connectivity index (χ0) is 14.7. The van der Waals surface area contributed by atoms with Gasteiger partial charge in [0.15, 0.2) is 0 Å². The number of nitrogens with one attached hydrogen (secondary N) is 2. The Morgan fingerprint density at radius 3 is 2.81 bits per heavy atom. The maximum Gasteiger partial charge on any atom is 0.237 e. The molecule has 0 aromatic carbocycles. The van der Waals surface area contributed by atoms with Gasteiger partial charge >= 0.3 is 0 Å². The van der Waals surface area contributed by atoms with Crippen LogP contribution in [0.15, 0.2) is 0 Å². The molecule has 2 N–H and O–H groups in total. The number of hydrogen-bond acceptors (Lipinski definition) is 4. The van der Waals surface area contributed by atoms with Crippen molar-refractivity contribution in [2.24, 2.45) is 5.92 Å². The number of ether oxygens (including phenoxy) is 1. The quantitative estimate of drug-likeness (QED) is 0.833. The predicted octanol–water partition coefficient (Wildman–Crippen LogP) is 1.94. The summed E-state index contributed by atoms with van der Waals surface area (Å²) in [6, 6.07) is 0.629. The fourth-order valence-electron chi connectivity index (χ4n) is 4.09. The van der Waals surface area contributed by atoms with Crippen molar-refractivity contribution in [3.63, 3.8) is 0 Å². The van der Waals surface area contributed by atoms with Gasteiger partial charge in [0.1, 0.15) is 0 Å². The van der Waals surface area contributed by atoms with Gasteiger partial charge in [-0.3, -0.25) is 4.79 Å². The summed E-state index contributed by atoms with van der Waals surface area (Å²) in [6.07, 6.45) is 10.5. The van der Waals surface area contributed by atoms with Gasteiger partial charge < -0.3 is 15.4 Å². The lowest BCUT2D eigenvalue weighted by Gasteiger charge is -2.36. The van der Waals surface area contributed by atoms with Crippen molar-refractivity contribution in [1.29, 1.82) is 0 Å². The van der Waals surface area contributed by atoms with Crippen molar-refractivity contribution < 1.29 is 9.53 Å². The minimum absolute atomic E-state index is 0.0387. The van der Waals surface area contributed by atoms with E-state index in [9.17, 15) is 4.79 Å². The molecule has 2 saturated heterocycles. The molecule has 0 aromatic heterocycles. The number of fused-ring (bicyclic) bond motifs is 1. The number of rotatable bonds is 4. The molecule has 1 saturated carbocycles. The van der Waals surface area contributed by atoms with Crippen LogP contribution in [0.3, 0.4) is 0 Å². The van der Waals surface area contributed by atoms with Crippen molar-refractivity contribution in [2.45, 2.75) is 61.8 Å². The Bertz CT molecular complexity index is 357. The molecule has 3 atom stereocenters. The maximum atomic E-state index is 12.5. The monoisotopic (exact) mass is 312 g/mol. The molecule has 5 heteroatoms. The van der Waals surface area contributed by atoms with E-state index in [1.54, 1.807) is 0 Å². The van der Waals surface area contributed by atoms with E-state index in [4.69, 9.17) is 4.74 Å². The minimum atomic E-state index is 0.0387. The Morgan fingerprint density at radius 2 is 2.10 bits per heavy atom. The SMILES string of the molecule is CSC1(CNC(=O)C2CC3CCCCC3N2)CCOCC1. The Kier molecular flexibility index (Phi) is 5.12. The van der Waals surface area contributed by atoms with Gasteiger partial charge in [-0.2, -0.15) is 11.8 Å². The minimum Gasteiger partial charge on any atom is -0.381 e. The second kappa shape index (κ2) is 6.88. The van der Waals surface area contributed by atoms with Gasteiger partial charge in [0.25, 0.3) is 0 Å². The first-order valence-electron chi connectivity index (χ1n) is 8.39. The molecule has 2 aliphatic heterocycles. The smallest absolute Gasteiger partial charge is 0.237 e. The molecule has 21 heavy (non-hydrogen) atoms. The van der Waals surface area contributed by atoms with Crippen molar-refractivity contribution in [3.8, 4) is 0 Å². The third kappa shape index (κ3) is 3.57. The first kappa shape index (κ1) is 15.6. The van der Waals surface area contributed by atoms with Crippen LogP contribution in [0.5, 0.6) is 0 Å². The molecule has 0 aromatic rings. The summed E-state index contributed by atoms with van der Waals surface area (Å²) in [7, 11) is 0. The zero-order valence-electron chi connectivity index (χ0n) is 13.0. The van der Waals surface area contributed by atoms with Gasteiger partial charge in [0, 0.05) is 30.5 Å². The van der Waals surface area contributed by atoms with Crippen LogP contribution in [0.25, 0.3) is 0 Å². The van der Waals surface area contributed by atoms with E-state index < -0.39 is 0 Å². The molecule has 3 fully saturated rings. The number of carbonyl (C=O) groups is 1. The molecule has 0 spiro atoms. The fourth-order valence-corrected chi connectivity index (χ4v) is 4.88. The predicted molar refractivity (Wildman–Crippen MR) is 86.6 cm³/mol. The van der Waals surface area contributed by atoms with Gasteiger partial charge in [0.05, 0.1) is 6.04 Å². The average molecular weight is 312 g/mol. The van der Waals surface area contributed by atoms with E-state index in [0.717, 1.165) is 44.9 Å². The number of amides is 1. The Balaban J connectivity index is 1.50. The summed E-state index contributed by atoms with van der Waals surface area (Å²) in [5, 5.41) is 6.79. The second-order valence-corrected chi connectivity index (χ2v) is 8.10. The number of hydrogen-bond donors (Lipinski definition) is 2. The van der Waals surface area contributed by atoms with Crippen molar-refractivity contribution in [2.75, 3.05) is 26.0 Å². The average Bonchev–Trinajstić information content (AvgIpc) is 2.97. The number of thioether (sulfide) groups is 1. The fraction of sp³-hybridized carbons (Fsp3) is 0.938. The molecule has 4 nitrogen and oxygen atoms in total. The van der Waals surface area contributed by atoms with Crippen molar-refractivity contribution in [1.82, 2.24) is 10.6 Å². The summed E-state index contributed by atoms with van der Waals surface area (Å²) in [5.41, 5.74) is 0. The lowest BCUT2D eigenvalue weighted by molar-refractivity contribution is -0.123. The molecule has 120 valence electrons. The Morgan fingerprint density at radius 1 is 1.33 bits per heavy atom. The third-order valence-corrected chi connectivity index (χ3v) is 7.02. The largest absolute Gasteiger partial charge is 0.381 e. The standard InChI is InChI=1S/C16H28N2O2S/c1-21-16(6-8-20-9-7-16)11-17-15(19)14-10-12-4-2-3-5-13(12)18-14/h12-14,18H,2-11H2,1H3,(H,17,19). The zero-order valence-corrected chi connectivity index (χ0v) is 13.8. The molecular formula is C16H28N2O2S. The maximum absolute atomic E-state index is 12.5. The number of carbonyl (C=O) groups excluding carboxylic acids is 1. The molecule has 1 aliphatic carbocycles. The molecule has 0 radical (unpaired) electrons. The lowest BCUT2D eigenvalue weighted by Crippen LogP contribution is -2.49. The van der Waals surface area contributed by atoms with Crippen LogP contribution >= 0.6 is 11.8 Å². The van der Waals surface area contributed by atoms with Gasteiger partial charge in [0.2, 0.25) is 5.91 Å². The van der Waals surface area contributed by atoms with Crippen LogP contribution in [0, 0.1) is 5.92 Å². The van der Waals surface area contributed by atoms with Gasteiger partial charge in [-0.1, -0.05) is 12.8 Å². The lowest BCUT2D eigenvalue weighted by atomic mass is 9.85. The van der Waals surface area contributed by atoms with E-state index in [1.807, 2.05) is 11.8 Å². The summed E-state index contributed by atoms with van der Waals surface area (Å²) in [5.74, 6) is 0.941. The second-order valence-electron chi connectivity index (χ2n) is 6.82. The van der Waals surface area contributed by atoms with E-state index >= 15 is 0 Å². The molecule has 1 amide bonds. The molecule has 0 bridgehead atoms. The van der Waals surface area contributed by atoms with Crippen LogP contribution in [-0.2, 0) is 9.53 Å². The van der Waals surface area contributed by atoms with Crippen LogP contribution in [0.1, 0.15) is 44.9 Å². The van der Waals surface area contributed by atoms with Crippen LogP contribution < -0.4 is 10.6 Å². The van der Waals surface area contributed by atoms with Crippen LogP contribution in [0.4, 0.5) is 0 Å². The highest BCUT2D eigenvalue weighted by atomic mass is 32.2. The van der Waals surface area contributed by atoms with Gasteiger partial charge in [-0.25, -0.2) is 0 Å². The highest BCUT2D eigenvalue weighted by molar-refractivity contribution is 8.00. The van der Waals surface area contributed by atoms with E-state index in [1.165, 1.54) is 25.7 Å². The molecular weight excluding hydrogens is 284 g/mol. The Labute approximate surface area is 132 Å². The van der Waals surface area contributed by atoms with Crippen LogP contribution in [-0.4, -0.2) is 48.8 Å². The topological polar surface area (TPSA) is 50.4 Å². The van der Waals surface area contributed by atoms with Crippen molar-refractivity contribution >= 4 is 17.7 Å². The van der Waals surface area contributed by atoms with Crippen LogP contribution in [0.2, 0.25) is 0 Å². The van der Waals surface area contributed by atoms with Crippen molar-refractivity contribution in [3.05, 3.63) is 0 Å². The molecule has 3 rings (SSSR count). The first-order chi connectivity index (χ1) is 10.2. The van der Waals surface area contributed by atoms with Gasteiger partial charge in [-0.15, -0.1) is 0 Å². The molecule has 3 unspecified atom stereocenters. The summed E-state index contributed by atoms with van der Waals surface area (Å²) in [4.78, 5) is 12.5.